The molecule has 1 unspecified atom stereocenters. The summed E-state index contributed by atoms with van der Waals surface area (Å²) < 4.78 is 13.4. The molecule has 2 N–H and O–H groups in total. The van der Waals surface area contributed by atoms with Gasteiger partial charge < -0.3 is 10.3 Å². The van der Waals surface area contributed by atoms with Gasteiger partial charge in [-0.1, -0.05) is 13.0 Å². The van der Waals surface area contributed by atoms with Gasteiger partial charge in [0.1, 0.15) is 0 Å². The van der Waals surface area contributed by atoms with E-state index in [1.54, 1.807) is 0 Å². The molecule has 0 amide bonds. The second-order valence-electron chi connectivity index (χ2n) is 4.05. The van der Waals surface area contributed by atoms with Gasteiger partial charge in [-0.15, -0.1) is 0 Å². The summed E-state index contributed by atoms with van der Waals surface area (Å²) in [4.78, 5) is 4.32. The van der Waals surface area contributed by atoms with Crippen LogP contribution in [0.3, 0.4) is 0 Å². The van der Waals surface area contributed by atoms with E-state index < -0.39 is 10.8 Å². The fourth-order valence-corrected chi connectivity index (χ4v) is 2.51. The van der Waals surface area contributed by atoms with E-state index in [1.807, 2.05) is 36.6 Å². The van der Waals surface area contributed by atoms with E-state index in [4.69, 9.17) is 5.73 Å². The zero-order chi connectivity index (χ0) is 12.4. The normalized spacial score (nSPS) is 13.1. The van der Waals surface area contributed by atoms with Gasteiger partial charge in [0, 0.05) is 28.9 Å². The molecule has 1 aromatic carbocycles. The van der Waals surface area contributed by atoms with Gasteiger partial charge >= 0.3 is 0 Å². The van der Waals surface area contributed by atoms with Crippen LogP contribution in [0.2, 0.25) is 0 Å². The highest BCUT2D eigenvalue weighted by atomic mass is 32.2. The average Bonchev–Trinajstić information content (AvgIpc) is 2.61. The van der Waals surface area contributed by atoms with Crippen LogP contribution in [0.5, 0.6) is 0 Å². The van der Waals surface area contributed by atoms with Crippen molar-refractivity contribution in [3.63, 3.8) is 0 Å². The fraction of sp³-hybridized carbons (Fsp3) is 0.417. The molecule has 0 radical (unpaired) electrons. The Bertz CT molecular complexity index is 562. The number of fused-ring (bicyclic) bond motifs is 1. The Morgan fingerprint density at radius 1 is 1.47 bits per heavy atom. The standard InChI is InChI=1S/C12H17N3OS/c1-3-17(16)7-6-15-11-5-4-9(2)8-10(11)14-12(15)13/h4-5,8H,3,6-7H2,1-2H3,(H2,13,14). The van der Waals surface area contributed by atoms with E-state index in [0.717, 1.165) is 11.0 Å². The van der Waals surface area contributed by atoms with E-state index >= 15 is 0 Å². The van der Waals surface area contributed by atoms with E-state index in [-0.39, 0.29) is 0 Å². The van der Waals surface area contributed by atoms with Gasteiger partial charge in [0.05, 0.1) is 11.0 Å². The van der Waals surface area contributed by atoms with Crippen molar-refractivity contribution in [2.75, 3.05) is 17.2 Å². The zero-order valence-corrected chi connectivity index (χ0v) is 11.0. The van der Waals surface area contributed by atoms with Gasteiger partial charge in [-0.25, -0.2) is 4.98 Å². The van der Waals surface area contributed by atoms with Gasteiger partial charge in [0.15, 0.2) is 0 Å². The van der Waals surface area contributed by atoms with Crippen molar-refractivity contribution in [2.45, 2.75) is 20.4 Å². The molecule has 0 aliphatic rings. The fourth-order valence-electron chi connectivity index (χ4n) is 1.83. The Kier molecular flexibility index (Phi) is 3.47. The van der Waals surface area contributed by atoms with Crippen LogP contribution in [0.15, 0.2) is 18.2 Å². The van der Waals surface area contributed by atoms with Gasteiger partial charge in [-0.2, -0.15) is 0 Å². The smallest absolute Gasteiger partial charge is 0.201 e. The first-order valence-electron chi connectivity index (χ1n) is 5.69. The molecule has 1 heterocycles. The maximum Gasteiger partial charge on any atom is 0.201 e. The number of benzene rings is 1. The first-order chi connectivity index (χ1) is 8.11. The second kappa shape index (κ2) is 4.87. The van der Waals surface area contributed by atoms with Crippen molar-refractivity contribution in [3.8, 4) is 0 Å². The summed E-state index contributed by atoms with van der Waals surface area (Å²) in [6.45, 7) is 4.61. The van der Waals surface area contributed by atoms with Crippen LogP contribution < -0.4 is 5.73 Å². The van der Waals surface area contributed by atoms with Crippen LogP contribution >= 0.6 is 0 Å². The number of hydrogen-bond donors (Lipinski definition) is 1. The van der Waals surface area contributed by atoms with Gasteiger partial charge in [-0.05, 0) is 24.6 Å². The molecule has 0 bridgehead atoms. The molecule has 0 aliphatic heterocycles. The summed E-state index contributed by atoms with van der Waals surface area (Å²) in [6.07, 6.45) is 0. The largest absolute Gasteiger partial charge is 0.369 e. The molecular weight excluding hydrogens is 234 g/mol. The number of hydrogen-bond acceptors (Lipinski definition) is 3. The van der Waals surface area contributed by atoms with E-state index in [2.05, 4.69) is 4.98 Å². The minimum Gasteiger partial charge on any atom is -0.369 e. The highest BCUT2D eigenvalue weighted by Gasteiger charge is 2.08. The SMILES string of the molecule is CCS(=O)CCn1c(N)nc2cc(C)ccc21. The third kappa shape index (κ3) is 2.49. The molecule has 4 nitrogen and oxygen atoms in total. The predicted octanol–water partition coefficient (Wildman–Crippen LogP) is 1.70. The third-order valence-electron chi connectivity index (χ3n) is 2.80. The van der Waals surface area contributed by atoms with E-state index in [9.17, 15) is 4.21 Å². The number of nitrogens with zero attached hydrogens (tertiary/aromatic N) is 2. The van der Waals surface area contributed by atoms with Crippen LogP contribution in [-0.4, -0.2) is 25.3 Å². The van der Waals surface area contributed by atoms with Crippen LogP contribution in [0, 0.1) is 6.92 Å². The molecule has 0 saturated carbocycles. The molecule has 92 valence electrons. The quantitative estimate of drug-likeness (QED) is 0.899. The van der Waals surface area contributed by atoms with Crippen molar-refractivity contribution < 1.29 is 4.21 Å². The van der Waals surface area contributed by atoms with Crippen molar-refractivity contribution in [2.24, 2.45) is 0 Å². The molecule has 0 saturated heterocycles. The van der Waals surface area contributed by atoms with Gasteiger partial charge in [-0.3, -0.25) is 4.21 Å². The van der Waals surface area contributed by atoms with Crippen molar-refractivity contribution in [1.82, 2.24) is 9.55 Å². The Morgan fingerprint density at radius 2 is 2.24 bits per heavy atom. The van der Waals surface area contributed by atoms with Crippen molar-refractivity contribution >= 4 is 27.8 Å². The number of aryl methyl sites for hydroxylation is 2. The lowest BCUT2D eigenvalue weighted by molar-refractivity contribution is 0.677. The molecule has 1 atom stereocenters. The third-order valence-corrected chi connectivity index (χ3v) is 4.08. The first-order valence-corrected chi connectivity index (χ1v) is 7.18. The minimum absolute atomic E-state index is 0.499. The van der Waals surface area contributed by atoms with Crippen LogP contribution in [0.4, 0.5) is 5.95 Å². The average molecular weight is 251 g/mol. The maximum atomic E-state index is 11.4. The molecule has 0 spiro atoms. The minimum atomic E-state index is -0.771. The number of nitrogens with two attached hydrogens (primary N) is 1. The van der Waals surface area contributed by atoms with Gasteiger partial charge in [0.25, 0.3) is 0 Å². The second-order valence-corrected chi connectivity index (χ2v) is 5.91. The van der Waals surface area contributed by atoms with Gasteiger partial charge in [0.2, 0.25) is 5.95 Å². The Morgan fingerprint density at radius 3 is 2.94 bits per heavy atom. The monoisotopic (exact) mass is 251 g/mol. The summed E-state index contributed by atoms with van der Waals surface area (Å²) in [7, 11) is -0.771. The first kappa shape index (κ1) is 12.1. The molecule has 0 aliphatic carbocycles. The van der Waals surface area contributed by atoms with Crippen LogP contribution in [-0.2, 0) is 17.3 Å². The lowest BCUT2D eigenvalue weighted by Gasteiger charge is -2.05. The molecule has 5 heteroatoms. The number of anilines is 1. The molecular formula is C12H17N3OS. The lowest BCUT2D eigenvalue weighted by atomic mass is 10.2. The zero-order valence-electron chi connectivity index (χ0n) is 10.1. The highest BCUT2D eigenvalue weighted by molar-refractivity contribution is 7.84. The number of aromatic nitrogens is 2. The number of imidazole rings is 1. The summed E-state index contributed by atoms with van der Waals surface area (Å²) >= 11 is 0. The highest BCUT2D eigenvalue weighted by Crippen LogP contribution is 2.18. The Labute approximate surface area is 103 Å². The molecule has 2 aromatic rings. The van der Waals surface area contributed by atoms with Crippen LogP contribution in [0.25, 0.3) is 11.0 Å². The van der Waals surface area contributed by atoms with Crippen molar-refractivity contribution in [3.05, 3.63) is 23.8 Å². The lowest BCUT2D eigenvalue weighted by Crippen LogP contribution is -2.11. The summed E-state index contributed by atoms with van der Waals surface area (Å²) in [5.74, 6) is 1.81. The maximum absolute atomic E-state index is 11.4. The summed E-state index contributed by atoms with van der Waals surface area (Å²) in [5.41, 5.74) is 8.97. The van der Waals surface area contributed by atoms with E-state index in [1.165, 1.54) is 5.56 Å². The molecule has 0 fully saturated rings. The number of rotatable bonds is 4. The summed E-state index contributed by atoms with van der Waals surface area (Å²) in [6, 6.07) is 6.07. The predicted molar refractivity (Wildman–Crippen MR) is 72.4 cm³/mol. The van der Waals surface area contributed by atoms with Crippen LogP contribution in [0.1, 0.15) is 12.5 Å². The topological polar surface area (TPSA) is 60.9 Å². The summed E-state index contributed by atoms with van der Waals surface area (Å²) in [5, 5.41) is 0. The number of nitrogen functional groups attached to an aromatic ring is 1. The molecule has 2 rings (SSSR count). The molecule has 17 heavy (non-hydrogen) atoms. The Hall–Kier alpha value is -1.36. The van der Waals surface area contributed by atoms with E-state index in [0.29, 0.717) is 24.0 Å². The molecule has 1 aromatic heterocycles. The van der Waals surface area contributed by atoms with Crippen molar-refractivity contribution in [1.29, 1.82) is 0 Å². The Balaban J connectivity index is 2.33.